The second-order valence-corrected chi connectivity index (χ2v) is 4.82. The van der Waals surface area contributed by atoms with Gasteiger partial charge >= 0.3 is 0 Å². The molecule has 0 unspecified atom stereocenters. The maximum atomic E-state index is 11.8. The molecule has 0 saturated carbocycles. The molecule has 0 bridgehead atoms. The lowest BCUT2D eigenvalue weighted by atomic mass is 10.1. The summed E-state index contributed by atoms with van der Waals surface area (Å²) in [5.74, 6) is 0.123. The summed E-state index contributed by atoms with van der Waals surface area (Å²) in [6.45, 7) is 2.64. The van der Waals surface area contributed by atoms with Crippen LogP contribution in [0.4, 0.5) is 5.69 Å². The van der Waals surface area contributed by atoms with Gasteiger partial charge in [-0.15, -0.1) is 10.2 Å². The third-order valence-electron chi connectivity index (χ3n) is 2.72. The molecule has 0 aliphatic rings. The number of nitrogens with one attached hydrogen (secondary N) is 2. The van der Waals surface area contributed by atoms with E-state index in [0.717, 1.165) is 12.8 Å². The van der Waals surface area contributed by atoms with Crippen LogP contribution in [-0.2, 0) is 9.53 Å². The van der Waals surface area contributed by atoms with Crippen LogP contribution in [-0.4, -0.2) is 39.7 Å². The fourth-order valence-electron chi connectivity index (χ4n) is 1.68. The molecule has 1 aromatic carbocycles. The van der Waals surface area contributed by atoms with Gasteiger partial charge in [0.25, 0.3) is 0 Å². The SMILES string of the molecule is CCCCOCC(=O)Nc1ccc(Cl)cc1-c1nn[nH]n1. The molecule has 1 amide bonds. The van der Waals surface area contributed by atoms with Crippen molar-refractivity contribution in [3.8, 4) is 11.4 Å². The Morgan fingerprint density at radius 1 is 1.48 bits per heavy atom. The number of amides is 1. The lowest BCUT2D eigenvalue weighted by Crippen LogP contribution is -2.19. The molecule has 0 aliphatic carbocycles. The maximum Gasteiger partial charge on any atom is 0.250 e. The monoisotopic (exact) mass is 309 g/mol. The van der Waals surface area contributed by atoms with E-state index in [1.807, 2.05) is 0 Å². The van der Waals surface area contributed by atoms with E-state index in [0.29, 0.717) is 28.7 Å². The summed E-state index contributed by atoms with van der Waals surface area (Å²) in [7, 11) is 0. The van der Waals surface area contributed by atoms with Crippen molar-refractivity contribution >= 4 is 23.2 Å². The Bertz CT molecular complexity index is 588. The summed E-state index contributed by atoms with van der Waals surface area (Å²) in [5.41, 5.74) is 1.16. The van der Waals surface area contributed by atoms with Crippen LogP contribution in [0.1, 0.15) is 19.8 Å². The van der Waals surface area contributed by atoms with Gasteiger partial charge in [-0.25, -0.2) is 0 Å². The molecule has 112 valence electrons. The molecule has 0 saturated heterocycles. The average Bonchev–Trinajstić information content (AvgIpc) is 2.99. The van der Waals surface area contributed by atoms with E-state index in [1.165, 1.54) is 0 Å². The number of hydrogen-bond donors (Lipinski definition) is 2. The maximum absolute atomic E-state index is 11.8. The van der Waals surface area contributed by atoms with Crippen LogP contribution in [0.5, 0.6) is 0 Å². The number of benzene rings is 1. The lowest BCUT2D eigenvalue weighted by Gasteiger charge is -2.09. The molecule has 2 rings (SSSR count). The number of ether oxygens (including phenoxy) is 1. The van der Waals surface area contributed by atoms with Crippen molar-refractivity contribution < 1.29 is 9.53 Å². The smallest absolute Gasteiger partial charge is 0.250 e. The minimum atomic E-state index is -0.238. The van der Waals surface area contributed by atoms with E-state index < -0.39 is 0 Å². The van der Waals surface area contributed by atoms with Crippen molar-refractivity contribution in [2.45, 2.75) is 19.8 Å². The van der Waals surface area contributed by atoms with Crippen LogP contribution >= 0.6 is 11.6 Å². The van der Waals surface area contributed by atoms with Crippen molar-refractivity contribution in [3.05, 3.63) is 23.2 Å². The van der Waals surface area contributed by atoms with E-state index in [-0.39, 0.29) is 12.5 Å². The number of H-pyrrole nitrogens is 1. The van der Waals surface area contributed by atoms with Crippen LogP contribution in [0.25, 0.3) is 11.4 Å². The second-order valence-electron chi connectivity index (χ2n) is 4.38. The highest BCUT2D eigenvalue weighted by Crippen LogP contribution is 2.27. The van der Waals surface area contributed by atoms with Crippen molar-refractivity contribution in [1.82, 2.24) is 20.6 Å². The molecule has 0 aliphatic heterocycles. The average molecular weight is 310 g/mol. The van der Waals surface area contributed by atoms with E-state index >= 15 is 0 Å². The first-order valence-electron chi connectivity index (χ1n) is 6.61. The minimum absolute atomic E-state index is 0.00824. The number of rotatable bonds is 7. The normalized spacial score (nSPS) is 10.6. The zero-order valence-corrected chi connectivity index (χ0v) is 12.4. The highest BCUT2D eigenvalue weighted by Gasteiger charge is 2.12. The number of nitrogens with zero attached hydrogens (tertiary/aromatic N) is 3. The summed E-state index contributed by atoms with van der Waals surface area (Å²) in [4.78, 5) is 11.8. The van der Waals surface area contributed by atoms with Crippen LogP contribution < -0.4 is 5.32 Å². The van der Waals surface area contributed by atoms with Gasteiger partial charge in [0.05, 0.1) is 5.69 Å². The van der Waals surface area contributed by atoms with Crippen LogP contribution in [0.3, 0.4) is 0 Å². The second kappa shape index (κ2) is 7.70. The molecule has 1 heterocycles. The fourth-order valence-corrected chi connectivity index (χ4v) is 1.86. The largest absolute Gasteiger partial charge is 0.372 e. The molecule has 8 heteroatoms. The molecule has 2 N–H and O–H groups in total. The number of carbonyl (C=O) groups excluding carboxylic acids is 1. The number of hydrogen-bond acceptors (Lipinski definition) is 5. The Morgan fingerprint density at radius 3 is 3.05 bits per heavy atom. The van der Waals surface area contributed by atoms with Gasteiger partial charge in [-0.2, -0.15) is 5.21 Å². The number of halogens is 1. The van der Waals surface area contributed by atoms with Crippen molar-refractivity contribution in [3.63, 3.8) is 0 Å². The topological polar surface area (TPSA) is 92.8 Å². The zero-order chi connectivity index (χ0) is 15.1. The van der Waals surface area contributed by atoms with Crippen LogP contribution in [0.15, 0.2) is 18.2 Å². The summed E-state index contributed by atoms with van der Waals surface area (Å²) in [6.07, 6.45) is 1.96. The van der Waals surface area contributed by atoms with E-state index in [4.69, 9.17) is 16.3 Å². The Labute approximate surface area is 127 Å². The molecule has 0 spiro atoms. The highest BCUT2D eigenvalue weighted by molar-refractivity contribution is 6.31. The molecular formula is C13H16ClN5O2. The summed E-state index contributed by atoms with van der Waals surface area (Å²) < 4.78 is 5.27. The number of unbranched alkanes of at least 4 members (excludes halogenated alkanes) is 1. The number of anilines is 1. The standard InChI is InChI=1S/C13H16ClN5O2/c1-2-3-6-21-8-12(20)15-11-5-4-9(14)7-10(11)13-16-18-19-17-13/h4-5,7H,2-3,6,8H2,1H3,(H,15,20)(H,16,17,18,19). The zero-order valence-electron chi connectivity index (χ0n) is 11.6. The van der Waals surface area contributed by atoms with Gasteiger partial charge in [-0.05, 0) is 29.8 Å². The molecule has 7 nitrogen and oxygen atoms in total. The van der Waals surface area contributed by atoms with Gasteiger partial charge in [0.15, 0.2) is 0 Å². The molecule has 1 aromatic heterocycles. The van der Waals surface area contributed by atoms with Gasteiger partial charge in [-0.1, -0.05) is 24.9 Å². The first-order chi connectivity index (χ1) is 10.2. The third-order valence-corrected chi connectivity index (χ3v) is 2.95. The molecule has 0 atom stereocenters. The van der Waals surface area contributed by atoms with Gasteiger partial charge in [0, 0.05) is 17.2 Å². The Hall–Kier alpha value is -1.99. The van der Waals surface area contributed by atoms with Gasteiger partial charge in [0.1, 0.15) is 6.61 Å². The molecule has 21 heavy (non-hydrogen) atoms. The first kappa shape index (κ1) is 15.4. The highest BCUT2D eigenvalue weighted by atomic mass is 35.5. The third kappa shape index (κ3) is 4.51. The predicted octanol–water partition coefficient (Wildman–Crippen LogP) is 2.28. The molecular weight excluding hydrogens is 294 g/mol. The molecule has 0 fully saturated rings. The quantitative estimate of drug-likeness (QED) is 0.765. The van der Waals surface area contributed by atoms with Crippen LogP contribution in [0.2, 0.25) is 5.02 Å². The number of aromatic nitrogens is 4. The fraction of sp³-hybridized carbons (Fsp3) is 0.385. The first-order valence-corrected chi connectivity index (χ1v) is 6.99. The summed E-state index contributed by atoms with van der Waals surface area (Å²) in [5, 5.41) is 16.9. The molecule has 0 radical (unpaired) electrons. The number of aromatic amines is 1. The van der Waals surface area contributed by atoms with Gasteiger partial charge in [0.2, 0.25) is 11.7 Å². The van der Waals surface area contributed by atoms with Gasteiger partial charge in [-0.3, -0.25) is 4.79 Å². The lowest BCUT2D eigenvalue weighted by molar-refractivity contribution is -0.120. The van der Waals surface area contributed by atoms with Crippen LogP contribution in [0, 0.1) is 0 Å². The van der Waals surface area contributed by atoms with Crippen molar-refractivity contribution in [2.24, 2.45) is 0 Å². The van der Waals surface area contributed by atoms with E-state index in [2.05, 4.69) is 32.9 Å². The predicted molar refractivity (Wildman–Crippen MR) is 79.0 cm³/mol. The van der Waals surface area contributed by atoms with Crippen molar-refractivity contribution in [1.29, 1.82) is 0 Å². The minimum Gasteiger partial charge on any atom is -0.372 e. The summed E-state index contributed by atoms with van der Waals surface area (Å²) >= 11 is 5.97. The van der Waals surface area contributed by atoms with Crippen molar-refractivity contribution in [2.75, 3.05) is 18.5 Å². The van der Waals surface area contributed by atoms with E-state index in [9.17, 15) is 4.79 Å². The summed E-state index contributed by atoms with van der Waals surface area (Å²) in [6, 6.07) is 5.04. The number of carbonyl (C=O) groups is 1. The Balaban J connectivity index is 2.04. The Morgan fingerprint density at radius 2 is 2.33 bits per heavy atom. The Kier molecular flexibility index (Phi) is 5.65. The molecule has 2 aromatic rings. The number of tetrazole rings is 1. The van der Waals surface area contributed by atoms with Gasteiger partial charge < -0.3 is 10.1 Å². The van der Waals surface area contributed by atoms with E-state index in [1.54, 1.807) is 18.2 Å².